The smallest absolute Gasteiger partial charge is 0.243 e. The summed E-state index contributed by atoms with van der Waals surface area (Å²) in [6.45, 7) is 4.33. The van der Waals surface area contributed by atoms with E-state index in [-0.39, 0.29) is 0 Å². The van der Waals surface area contributed by atoms with Crippen LogP contribution in [0, 0.1) is 5.92 Å². The van der Waals surface area contributed by atoms with Crippen LogP contribution in [0.2, 0.25) is 0 Å². The Bertz CT molecular complexity index is 1100. The molecule has 0 aliphatic carbocycles. The lowest BCUT2D eigenvalue weighted by Gasteiger charge is -2.35. The Balaban J connectivity index is 1.20. The van der Waals surface area contributed by atoms with Gasteiger partial charge in [0.2, 0.25) is 10.0 Å². The van der Waals surface area contributed by atoms with E-state index in [1.54, 1.807) is 28.6 Å². The van der Waals surface area contributed by atoms with E-state index in [9.17, 15) is 8.42 Å². The van der Waals surface area contributed by atoms with Crippen molar-refractivity contribution in [1.82, 2.24) is 14.2 Å². The van der Waals surface area contributed by atoms with E-state index in [0.29, 0.717) is 23.9 Å². The summed E-state index contributed by atoms with van der Waals surface area (Å²) in [5.41, 5.74) is 4.06. The number of benzene rings is 2. The van der Waals surface area contributed by atoms with E-state index in [1.165, 1.54) is 22.2 Å². The molecule has 1 fully saturated rings. The van der Waals surface area contributed by atoms with Crippen molar-refractivity contribution in [2.75, 3.05) is 26.2 Å². The van der Waals surface area contributed by atoms with E-state index >= 15 is 0 Å². The fourth-order valence-corrected chi connectivity index (χ4v) is 6.33. The average molecular weight is 410 g/mol. The Labute approximate surface area is 172 Å². The highest BCUT2D eigenvalue weighted by atomic mass is 32.2. The van der Waals surface area contributed by atoms with Crippen LogP contribution in [0.15, 0.2) is 59.5 Å². The molecule has 2 aliphatic rings. The number of rotatable bonds is 4. The molecule has 0 radical (unpaired) electrons. The molecule has 0 atom stereocenters. The van der Waals surface area contributed by atoms with Crippen LogP contribution in [0.4, 0.5) is 0 Å². The van der Waals surface area contributed by atoms with Gasteiger partial charge in [-0.2, -0.15) is 4.31 Å². The molecule has 5 nitrogen and oxygen atoms in total. The zero-order chi connectivity index (χ0) is 19.8. The van der Waals surface area contributed by atoms with Crippen LogP contribution in [0.25, 0.3) is 10.9 Å². The molecule has 5 rings (SSSR count). The summed E-state index contributed by atoms with van der Waals surface area (Å²) in [4.78, 5) is 6.53. The molecule has 1 saturated heterocycles. The maximum atomic E-state index is 12.8. The Morgan fingerprint density at radius 1 is 0.931 bits per heavy atom. The number of nitrogens with zero attached hydrogens (tertiary/aromatic N) is 2. The molecule has 2 aromatic carbocycles. The molecule has 0 bridgehead atoms. The molecular weight excluding hydrogens is 382 g/mol. The number of H-pyrrole nitrogens is 1. The lowest BCUT2D eigenvalue weighted by atomic mass is 9.96. The van der Waals surface area contributed by atoms with E-state index < -0.39 is 10.0 Å². The molecule has 0 amide bonds. The second kappa shape index (κ2) is 7.59. The molecule has 3 aromatic rings. The first-order chi connectivity index (χ1) is 14.1. The van der Waals surface area contributed by atoms with Crippen LogP contribution in [-0.4, -0.2) is 48.8 Å². The Hall–Kier alpha value is -2.15. The maximum absolute atomic E-state index is 12.8. The fraction of sp³-hybridized carbons (Fsp3) is 0.391. The summed E-state index contributed by atoms with van der Waals surface area (Å²) in [6, 6.07) is 17.4. The minimum Gasteiger partial charge on any atom is -0.357 e. The van der Waals surface area contributed by atoms with Crippen LogP contribution in [0.5, 0.6) is 0 Å². The van der Waals surface area contributed by atoms with E-state index in [4.69, 9.17) is 0 Å². The standard InChI is InChI=1S/C23H27N3O2S/c27-29(28,19-6-2-1-3-7-19)26-14-10-18(11-15-26)16-25-13-12-21-20-8-4-5-9-22(20)24-23(21)17-25/h1-9,18,24H,10-17H2. The van der Waals surface area contributed by atoms with Crippen molar-refractivity contribution >= 4 is 20.9 Å². The van der Waals surface area contributed by atoms with Gasteiger partial charge in [-0.05, 0) is 48.9 Å². The van der Waals surface area contributed by atoms with Gasteiger partial charge in [-0.1, -0.05) is 36.4 Å². The topological polar surface area (TPSA) is 56.4 Å². The minimum atomic E-state index is -3.36. The Morgan fingerprint density at radius 2 is 1.66 bits per heavy atom. The summed E-state index contributed by atoms with van der Waals surface area (Å²) in [5.74, 6) is 0.558. The number of para-hydroxylation sites is 1. The normalized spacial score (nSPS) is 19.4. The summed E-state index contributed by atoms with van der Waals surface area (Å²) in [5, 5.41) is 1.36. The van der Waals surface area contributed by atoms with Crippen molar-refractivity contribution in [3.63, 3.8) is 0 Å². The van der Waals surface area contributed by atoms with Crippen molar-refractivity contribution in [2.45, 2.75) is 30.7 Å². The summed E-state index contributed by atoms with van der Waals surface area (Å²) >= 11 is 0. The summed E-state index contributed by atoms with van der Waals surface area (Å²) < 4.78 is 27.3. The predicted molar refractivity (Wildman–Crippen MR) is 115 cm³/mol. The third kappa shape index (κ3) is 3.61. The average Bonchev–Trinajstić information content (AvgIpc) is 3.12. The van der Waals surface area contributed by atoms with Crippen molar-refractivity contribution < 1.29 is 8.42 Å². The third-order valence-electron chi connectivity index (χ3n) is 6.43. The van der Waals surface area contributed by atoms with Crippen LogP contribution < -0.4 is 0 Å². The quantitative estimate of drug-likeness (QED) is 0.716. The molecule has 3 heterocycles. The van der Waals surface area contributed by atoms with Gasteiger partial charge in [-0.15, -0.1) is 0 Å². The second-order valence-electron chi connectivity index (χ2n) is 8.27. The molecule has 0 spiro atoms. The van der Waals surface area contributed by atoms with Gasteiger partial charge in [0, 0.05) is 49.3 Å². The SMILES string of the molecule is O=S(=O)(c1ccccc1)N1CCC(CN2CCc3c([nH]c4ccccc34)C2)CC1. The molecular formula is C23H27N3O2S. The minimum absolute atomic E-state index is 0.404. The number of aromatic nitrogens is 1. The molecule has 1 N–H and O–H groups in total. The van der Waals surface area contributed by atoms with Crippen LogP contribution in [0.1, 0.15) is 24.1 Å². The van der Waals surface area contributed by atoms with Crippen molar-refractivity contribution in [3.8, 4) is 0 Å². The van der Waals surface area contributed by atoms with Crippen LogP contribution in [-0.2, 0) is 23.0 Å². The predicted octanol–water partition coefficient (Wildman–Crippen LogP) is 3.63. The monoisotopic (exact) mass is 409 g/mol. The van der Waals surface area contributed by atoms with Gasteiger partial charge in [-0.3, -0.25) is 4.90 Å². The van der Waals surface area contributed by atoms with Gasteiger partial charge >= 0.3 is 0 Å². The third-order valence-corrected chi connectivity index (χ3v) is 8.35. The zero-order valence-corrected chi connectivity index (χ0v) is 17.4. The molecule has 2 aliphatic heterocycles. The molecule has 0 unspecified atom stereocenters. The van der Waals surface area contributed by atoms with E-state index in [1.807, 2.05) is 6.07 Å². The molecule has 152 valence electrons. The largest absolute Gasteiger partial charge is 0.357 e. The molecule has 0 saturated carbocycles. The number of aromatic amines is 1. The number of piperidine rings is 1. The first-order valence-electron chi connectivity index (χ1n) is 10.5. The second-order valence-corrected chi connectivity index (χ2v) is 10.2. The first kappa shape index (κ1) is 18.9. The zero-order valence-electron chi connectivity index (χ0n) is 16.5. The number of hydrogen-bond donors (Lipinski definition) is 1. The van der Waals surface area contributed by atoms with E-state index in [0.717, 1.165) is 38.9 Å². The van der Waals surface area contributed by atoms with Crippen molar-refractivity contribution in [2.24, 2.45) is 5.92 Å². The lowest BCUT2D eigenvalue weighted by molar-refractivity contribution is 0.170. The summed E-state index contributed by atoms with van der Waals surface area (Å²) in [7, 11) is -3.36. The highest BCUT2D eigenvalue weighted by Crippen LogP contribution is 2.29. The van der Waals surface area contributed by atoms with Crippen LogP contribution >= 0.6 is 0 Å². The van der Waals surface area contributed by atoms with E-state index in [2.05, 4.69) is 34.1 Å². The highest BCUT2D eigenvalue weighted by Gasteiger charge is 2.30. The first-order valence-corrected chi connectivity index (χ1v) is 11.9. The number of fused-ring (bicyclic) bond motifs is 3. The van der Waals surface area contributed by atoms with Crippen molar-refractivity contribution in [3.05, 3.63) is 65.9 Å². The molecule has 1 aromatic heterocycles. The van der Waals surface area contributed by atoms with Gasteiger partial charge in [0.1, 0.15) is 0 Å². The van der Waals surface area contributed by atoms with Gasteiger partial charge < -0.3 is 4.98 Å². The van der Waals surface area contributed by atoms with Gasteiger partial charge in [0.05, 0.1) is 4.90 Å². The molecule has 6 heteroatoms. The fourth-order valence-electron chi connectivity index (χ4n) is 4.84. The van der Waals surface area contributed by atoms with Gasteiger partial charge in [0.25, 0.3) is 0 Å². The maximum Gasteiger partial charge on any atom is 0.243 e. The van der Waals surface area contributed by atoms with Crippen LogP contribution in [0.3, 0.4) is 0 Å². The highest BCUT2D eigenvalue weighted by molar-refractivity contribution is 7.89. The van der Waals surface area contributed by atoms with Gasteiger partial charge in [-0.25, -0.2) is 8.42 Å². The Morgan fingerprint density at radius 3 is 2.45 bits per heavy atom. The van der Waals surface area contributed by atoms with Crippen molar-refractivity contribution in [1.29, 1.82) is 0 Å². The number of hydrogen-bond acceptors (Lipinski definition) is 3. The number of nitrogens with one attached hydrogen (secondary N) is 1. The summed E-state index contributed by atoms with van der Waals surface area (Å²) in [6.07, 6.45) is 2.95. The molecule has 29 heavy (non-hydrogen) atoms. The van der Waals surface area contributed by atoms with Gasteiger partial charge in [0.15, 0.2) is 0 Å². The number of sulfonamides is 1. The Kier molecular flexibility index (Phi) is 4.94. The lowest BCUT2D eigenvalue weighted by Crippen LogP contribution is -2.42.